The van der Waals surface area contributed by atoms with Gasteiger partial charge in [-0.25, -0.2) is 4.79 Å². The molecule has 0 fully saturated rings. The lowest BCUT2D eigenvalue weighted by Gasteiger charge is -2.25. The summed E-state index contributed by atoms with van der Waals surface area (Å²) in [5.74, 6) is -2.05. The molecular weight excluding hydrogens is 1250 g/mol. The van der Waals surface area contributed by atoms with Gasteiger partial charge in [0, 0.05) is 12.8 Å². The van der Waals surface area contributed by atoms with Crippen LogP contribution in [0.4, 0.5) is 0 Å². The van der Waals surface area contributed by atoms with Crippen LogP contribution in [-0.2, 0) is 33.3 Å². The number of rotatable bonds is 70. The first-order chi connectivity index (χ1) is 49.6. The summed E-state index contributed by atoms with van der Waals surface area (Å²) in [6.45, 7) is 4.61. The first-order valence-corrected chi connectivity index (χ1v) is 39.5. The Morgan fingerprint density at radius 1 is 0.297 bits per heavy atom. The number of carboxylic acid groups (broad SMARTS) is 1. The molecule has 0 spiro atoms. The molecule has 0 rings (SSSR count). The number of hydrogen-bond acceptors (Lipinski definition) is 7. The van der Waals surface area contributed by atoms with Gasteiger partial charge in [-0.3, -0.25) is 9.59 Å². The van der Waals surface area contributed by atoms with E-state index >= 15 is 0 Å². The molecule has 9 nitrogen and oxygen atoms in total. The standard InChI is InChI=1S/C92H143NO8/c1-6-8-10-12-14-16-18-20-22-24-26-28-30-32-34-36-38-40-42-43-44-45-46-47-49-51-53-55-57-59-61-63-65-67-69-71-73-75-77-79-81-83-90(95)101-88(87-100-92(91(96)97)98-85-84-93(3,4)5)86-99-89(94)82-80-78-76-74-72-70-68-66-64-62-60-58-56-54-52-50-48-41-39-37-35-33-31-29-27-25-23-21-19-17-15-13-11-9-7-2/h8-11,14-17,20-23,26-29,32-35,38-41,43-44,46-47,50-53,56-59,63,65,88,92H,6-7,12-13,18-19,24-25,30-31,36-37,42,45,48-49,54-55,60-62,64,66-87H2,1-5H3/p+1/b10-8-,11-9-,16-14-,17-15-,22-20-,23-21-,28-26-,29-27-,34-32-,35-33-,40-38-,41-39-,44-43-,47-46-,52-50-,53-51-,58-56-,59-57-,65-63-. The summed E-state index contributed by atoms with van der Waals surface area (Å²) in [5.41, 5.74) is 0. The quantitative estimate of drug-likeness (QED) is 0.0211. The van der Waals surface area contributed by atoms with Gasteiger partial charge < -0.3 is 28.5 Å². The topological polar surface area (TPSA) is 108 Å². The Morgan fingerprint density at radius 3 is 0.792 bits per heavy atom. The number of carbonyl (C=O) groups is 3. The minimum absolute atomic E-state index is 0.173. The molecule has 101 heavy (non-hydrogen) atoms. The highest BCUT2D eigenvalue weighted by Crippen LogP contribution is 2.15. The molecule has 9 heteroatoms. The number of unbranched alkanes of at least 4 members (excludes halogenated alkanes) is 17. The Bertz CT molecular complexity index is 2520. The van der Waals surface area contributed by atoms with E-state index < -0.39 is 24.3 Å². The van der Waals surface area contributed by atoms with Crippen LogP contribution in [0, 0.1) is 0 Å². The molecule has 0 saturated heterocycles. The zero-order valence-corrected chi connectivity index (χ0v) is 64.5. The van der Waals surface area contributed by atoms with Crippen molar-refractivity contribution in [3.63, 3.8) is 0 Å². The zero-order valence-electron chi connectivity index (χ0n) is 64.5. The van der Waals surface area contributed by atoms with Gasteiger partial charge in [-0.15, -0.1) is 0 Å². The highest BCUT2D eigenvalue weighted by atomic mass is 16.7. The number of nitrogens with zero attached hydrogens (tertiary/aromatic N) is 1. The number of likely N-dealkylation sites (N-methyl/N-ethyl adjacent to an activating group) is 1. The Hall–Kier alpha value is -6.65. The van der Waals surface area contributed by atoms with Crippen molar-refractivity contribution in [2.45, 2.75) is 283 Å². The fraction of sp³-hybridized carbons (Fsp3) is 0.554. The number of ether oxygens (including phenoxy) is 4. The van der Waals surface area contributed by atoms with E-state index in [2.05, 4.69) is 245 Å². The van der Waals surface area contributed by atoms with Crippen molar-refractivity contribution < 1.29 is 42.9 Å². The molecule has 1 N–H and O–H groups in total. The van der Waals surface area contributed by atoms with Crippen LogP contribution >= 0.6 is 0 Å². The fourth-order valence-corrected chi connectivity index (χ4v) is 9.98. The zero-order chi connectivity index (χ0) is 73.2. The van der Waals surface area contributed by atoms with Gasteiger partial charge in [0.05, 0.1) is 34.4 Å². The van der Waals surface area contributed by atoms with Gasteiger partial charge in [-0.05, 0) is 161 Å². The highest BCUT2D eigenvalue weighted by Gasteiger charge is 2.25. The van der Waals surface area contributed by atoms with Crippen molar-refractivity contribution >= 4 is 17.9 Å². The second kappa shape index (κ2) is 79.1. The molecule has 0 saturated carbocycles. The fourth-order valence-electron chi connectivity index (χ4n) is 9.98. The van der Waals surface area contributed by atoms with E-state index in [-0.39, 0.29) is 38.6 Å². The molecule has 0 aromatic rings. The maximum absolute atomic E-state index is 13.0. The second-order valence-electron chi connectivity index (χ2n) is 26.6. The Morgan fingerprint density at radius 2 is 0.535 bits per heavy atom. The summed E-state index contributed by atoms with van der Waals surface area (Å²) in [7, 11) is 5.96. The lowest BCUT2D eigenvalue weighted by atomic mass is 10.1. The summed E-state index contributed by atoms with van der Waals surface area (Å²) >= 11 is 0. The molecule has 0 heterocycles. The van der Waals surface area contributed by atoms with Crippen molar-refractivity contribution in [2.24, 2.45) is 0 Å². The minimum atomic E-state index is -1.53. The molecule has 0 aromatic carbocycles. The van der Waals surface area contributed by atoms with E-state index in [0.29, 0.717) is 17.4 Å². The third-order valence-corrected chi connectivity index (χ3v) is 15.9. The smallest absolute Gasteiger partial charge is 0.361 e. The van der Waals surface area contributed by atoms with Gasteiger partial charge >= 0.3 is 17.9 Å². The number of carboxylic acids is 1. The molecule has 564 valence electrons. The predicted octanol–water partition coefficient (Wildman–Crippen LogP) is 25.8. The van der Waals surface area contributed by atoms with E-state index in [1.54, 1.807) is 0 Å². The van der Waals surface area contributed by atoms with Gasteiger partial charge in [0.25, 0.3) is 6.29 Å². The third kappa shape index (κ3) is 80.5. The average molecular weight is 1390 g/mol. The van der Waals surface area contributed by atoms with Crippen LogP contribution in [0.1, 0.15) is 271 Å². The normalized spacial score (nSPS) is 14.0. The Labute approximate surface area is 619 Å². The summed E-state index contributed by atoms with van der Waals surface area (Å²) in [4.78, 5) is 37.7. The van der Waals surface area contributed by atoms with Crippen LogP contribution in [0.3, 0.4) is 0 Å². The van der Waals surface area contributed by atoms with Gasteiger partial charge in [0.15, 0.2) is 6.10 Å². The molecule has 2 unspecified atom stereocenters. The monoisotopic (exact) mass is 1390 g/mol. The minimum Gasteiger partial charge on any atom is -0.477 e. The number of quaternary nitrogens is 1. The van der Waals surface area contributed by atoms with E-state index in [9.17, 15) is 19.5 Å². The van der Waals surface area contributed by atoms with Crippen LogP contribution in [0.25, 0.3) is 0 Å². The molecule has 2 atom stereocenters. The SMILES string of the molecule is CC/C=C\C/C=C\C/C=C\C/C=C\C/C=C\C/C=C\C/C=C\C/C=C\C/C=C\C/C=C\C/C=C\CCCCCCCCCC(=O)OC(COC(=O)CCCCCCCCCCCC/C=C\C/C=C\C/C=C\C/C=C\C/C=C\C/C=C\C/C=C\C/C=C\CC)COC(OCC[N+](C)(C)C)C(=O)O. The number of aliphatic carboxylic acids is 1. The summed E-state index contributed by atoms with van der Waals surface area (Å²) in [5, 5.41) is 9.77. The van der Waals surface area contributed by atoms with Gasteiger partial charge in [0.1, 0.15) is 13.2 Å². The van der Waals surface area contributed by atoms with Gasteiger partial charge in [0.2, 0.25) is 0 Å². The van der Waals surface area contributed by atoms with E-state index in [0.717, 1.165) is 180 Å². The Balaban J connectivity index is 4.19. The van der Waals surface area contributed by atoms with Gasteiger partial charge in [-0.1, -0.05) is 328 Å². The lowest BCUT2D eigenvalue weighted by molar-refractivity contribution is -0.870. The maximum Gasteiger partial charge on any atom is 0.361 e. The molecule has 0 bridgehead atoms. The number of hydrogen-bond donors (Lipinski definition) is 1. The number of allylic oxidation sites excluding steroid dienone is 38. The van der Waals surface area contributed by atoms with Crippen molar-refractivity contribution in [1.82, 2.24) is 0 Å². The maximum atomic E-state index is 13.0. The number of carbonyl (C=O) groups excluding carboxylic acids is 2. The number of esters is 2. The van der Waals surface area contributed by atoms with Crippen molar-refractivity contribution in [1.29, 1.82) is 0 Å². The van der Waals surface area contributed by atoms with E-state index in [1.165, 1.54) is 57.8 Å². The predicted molar refractivity (Wildman–Crippen MR) is 437 cm³/mol. The lowest BCUT2D eigenvalue weighted by Crippen LogP contribution is -2.40. The van der Waals surface area contributed by atoms with E-state index in [1.807, 2.05) is 21.1 Å². The van der Waals surface area contributed by atoms with Crippen molar-refractivity contribution in [2.75, 3.05) is 47.5 Å². The average Bonchev–Trinajstić information content (AvgIpc) is 1.21. The molecule has 0 aliphatic heterocycles. The van der Waals surface area contributed by atoms with Crippen LogP contribution in [0.5, 0.6) is 0 Å². The molecule has 0 aromatic heterocycles. The largest absolute Gasteiger partial charge is 0.477 e. The molecular formula is C92H144NO8+. The van der Waals surface area contributed by atoms with Crippen molar-refractivity contribution in [3.8, 4) is 0 Å². The van der Waals surface area contributed by atoms with Crippen molar-refractivity contribution in [3.05, 3.63) is 231 Å². The first kappa shape index (κ1) is 94.4. The Kier molecular flexibility index (Phi) is 73.9. The summed E-state index contributed by atoms with van der Waals surface area (Å²) < 4.78 is 23.0. The summed E-state index contributed by atoms with van der Waals surface area (Å²) in [6.07, 6.45) is 123. The van der Waals surface area contributed by atoms with E-state index in [4.69, 9.17) is 18.9 Å². The van der Waals surface area contributed by atoms with Crippen LogP contribution < -0.4 is 0 Å². The summed E-state index contributed by atoms with van der Waals surface area (Å²) in [6, 6.07) is 0. The first-order valence-electron chi connectivity index (χ1n) is 39.5. The second-order valence-corrected chi connectivity index (χ2v) is 26.6. The van der Waals surface area contributed by atoms with Gasteiger partial charge in [-0.2, -0.15) is 0 Å². The third-order valence-electron chi connectivity index (χ3n) is 15.9. The molecule has 0 amide bonds. The molecule has 0 radical (unpaired) electrons. The molecule has 0 aliphatic rings. The van der Waals surface area contributed by atoms with Crippen LogP contribution in [0.2, 0.25) is 0 Å². The molecule has 0 aliphatic carbocycles. The van der Waals surface area contributed by atoms with Crippen LogP contribution in [-0.4, -0.2) is 87.4 Å². The van der Waals surface area contributed by atoms with Crippen LogP contribution in [0.15, 0.2) is 231 Å². The highest BCUT2D eigenvalue weighted by molar-refractivity contribution is 5.71.